The number of hydrogen-bond acceptors (Lipinski definition) is 5. The molecular formula is C22H25F2NO4. The third-order valence-corrected chi connectivity index (χ3v) is 5.56. The van der Waals surface area contributed by atoms with Gasteiger partial charge in [-0.25, -0.2) is 8.78 Å². The summed E-state index contributed by atoms with van der Waals surface area (Å²) in [7, 11) is 0. The Morgan fingerprint density at radius 1 is 0.828 bits per heavy atom. The summed E-state index contributed by atoms with van der Waals surface area (Å²) < 4.78 is 38.2. The van der Waals surface area contributed by atoms with Crippen LogP contribution in [0.4, 0.5) is 8.78 Å². The number of aryl methyl sites for hydroxylation is 2. The van der Waals surface area contributed by atoms with Gasteiger partial charge in [-0.15, -0.1) is 0 Å². The minimum absolute atomic E-state index is 0.257. The van der Waals surface area contributed by atoms with Crippen LogP contribution < -0.4 is 14.8 Å². The number of rotatable bonds is 6. The van der Waals surface area contributed by atoms with Gasteiger partial charge in [-0.2, -0.15) is 0 Å². The van der Waals surface area contributed by atoms with Crippen LogP contribution in [0.25, 0.3) is 0 Å². The maximum atomic E-state index is 13.3. The van der Waals surface area contributed by atoms with E-state index in [0.29, 0.717) is 37.2 Å². The topological polar surface area (TPSA) is 71.0 Å². The van der Waals surface area contributed by atoms with E-state index in [2.05, 4.69) is 5.32 Å². The molecule has 2 heterocycles. The summed E-state index contributed by atoms with van der Waals surface area (Å²) in [5.74, 6) is 0.624. The second-order valence-corrected chi connectivity index (χ2v) is 7.69. The lowest BCUT2D eigenvalue weighted by molar-refractivity contribution is 0.00892. The first-order valence-corrected chi connectivity index (χ1v) is 9.96. The Morgan fingerprint density at radius 3 is 1.72 bits per heavy atom. The zero-order valence-corrected chi connectivity index (χ0v) is 16.0. The fraction of sp³-hybridized carbons (Fsp3) is 0.455. The summed E-state index contributed by atoms with van der Waals surface area (Å²) in [6, 6.07) is 8.79. The van der Waals surface area contributed by atoms with Gasteiger partial charge in [0.05, 0.1) is 0 Å². The monoisotopic (exact) mass is 405 g/mol. The molecule has 5 nitrogen and oxygen atoms in total. The quantitative estimate of drug-likeness (QED) is 0.688. The number of benzene rings is 2. The summed E-state index contributed by atoms with van der Waals surface area (Å²) in [5.41, 5.74) is 1.62. The lowest BCUT2D eigenvalue weighted by Crippen LogP contribution is -2.46. The van der Waals surface area contributed by atoms with Crippen molar-refractivity contribution in [2.75, 3.05) is 13.1 Å². The number of halogens is 2. The number of ether oxygens (including phenoxy) is 2. The van der Waals surface area contributed by atoms with Crippen molar-refractivity contribution in [1.82, 2.24) is 5.32 Å². The second kappa shape index (κ2) is 8.65. The van der Waals surface area contributed by atoms with Gasteiger partial charge in [0.15, 0.2) is 0 Å². The van der Waals surface area contributed by atoms with Gasteiger partial charge in [0.1, 0.15) is 47.5 Å². The standard InChI is InChI=1S/C22H25F2NO4/c23-15-3-7-19-13(9-15)1-5-21(28-19)17(26)11-25-12-18(27)22-6-2-14-10-16(24)4-8-20(14)29-22/h3-4,7-10,17-18,21-22,25-27H,1-2,5-6,11-12H2/t17-,18-,21?,22?/m1/s1. The number of aliphatic hydroxyl groups is 2. The van der Waals surface area contributed by atoms with Crippen molar-refractivity contribution in [2.45, 2.75) is 50.1 Å². The molecule has 2 aliphatic rings. The number of nitrogens with one attached hydrogen (secondary N) is 1. The van der Waals surface area contributed by atoms with Crippen molar-refractivity contribution in [2.24, 2.45) is 0 Å². The van der Waals surface area contributed by atoms with Crippen LogP contribution in [0, 0.1) is 11.6 Å². The highest BCUT2D eigenvalue weighted by molar-refractivity contribution is 5.36. The maximum Gasteiger partial charge on any atom is 0.126 e. The van der Waals surface area contributed by atoms with E-state index >= 15 is 0 Å². The fourth-order valence-electron chi connectivity index (χ4n) is 3.94. The van der Waals surface area contributed by atoms with Gasteiger partial charge in [-0.1, -0.05) is 0 Å². The lowest BCUT2D eigenvalue weighted by Gasteiger charge is -2.31. The van der Waals surface area contributed by atoms with Crippen molar-refractivity contribution >= 4 is 0 Å². The number of hydrogen-bond donors (Lipinski definition) is 3. The van der Waals surface area contributed by atoms with Crippen LogP contribution >= 0.6 is 0 Å². The molecule has 4 atom stereocenters. The summed E-state index contributed by atoms with van der Waals surface area (Å²) in [6.45, 7) is 0.513. The molecule has 0 saturated heterocycles. The Kier molecular flexibility index (Phi) is 5.99. The molecule has 2 aromatic carbocycles. The molecule has 0 amide bonds. The smallest absolute Gasteiger partial charge is 0.126 e. The summed E-state index contributed by atoms with van der Waals surface area (Å²) in [5, 5.41) is 23.9. The molecule has 2 aromatic rings. The lowest BCUT2D eigenvalue weighted by atomic mass is 9.98. The van der Waals surface area contributed by atoms with Gasteiger partial charge in [-0.3, -0.25) is 0 Å². The highest BCUT2D eigenvalue weighted by Gasteiger charge is 2.29. The molecule has 29 heavy (non-hydrogen) atoms. The minimum Gasteiger partial charge on any atom is -0.487 e. The first-order valence-electron chi connectivity index (χ1n) is 9.96. The van der Waals surface area contributed by atoms with Crippen molar-refractivity contribution < 1.29 is 28.5 Å². The van der Waals surface area contributed by atoms with Crippen LogP contribution in [0.3, 0.4) is 0 Å². The minimum atomic E-state index is -0.753. The zero-order valence-electron chi connectivity index (χ0n) is 16.0. The van der Waals surface area contributed by atoms with E-state index in [1.165, 1.54) is 24.3 Å². The molecule has 0 aliphatic carbocycles. The van der Waals surface area contributed by atoms with Gasteiger partial charge < -0.3 is 25.0 Å². The van der Waals surface area contributed by atoms with Crippen molar-refractivity contribution in [3.8, 4) is 11.5 Å². The molecule has 0 spiro atoms. The Balaban J connectivity index is 1.24. The molecule has 0 saturated carbocycles. The Bertz CT molecular complexity index is 793. The zero-order chi connectivity index (χ0) is 20.4. The summed E-state index contributed by atoms with van der Waals surface area (Å²) >= 11 is 0. The van der Waals surface area contributed by atoms with E-state index in [0.717, 1.165) is 11.1 Å². The fourth-order valence-corrected chi connectivity index (χ4v) is 3.94. The van der Waals surface area contributed by atoms with Crippen LogP contribution in [0.2, 0.25) is 0 Å². The molecule has 156 valence electrons. The molecule has 0 aromatic heterocycles. The van der Waals surface area contributed by atoms with Crippen molar-refractivity contribution in [1.29, 1.82) is 0 Å². The van der Waals surface area contributed by atoms with Gasteiger partial charge in [-0.05, 0) is 73.2 Å². The van der Waals surface area contributed by atoms with E-state index in [9.17, 15) is 19.0 Å². The van der Waals surface area contributed by atoms with Crippen LogP contribution in [0.1, 0.15) is 24.0 Å². The average Bonchev–Trinajstić information content (AvgIpc) is 2.72. The first-order chi connectivity index (χ1) is 14.0. The van der Waals surface area contributed by atoms with E-state index in [4.69, 9.17) is 9.47 Å². The second-order valence-electron chi connectivity index (χ2n) is 7.69. The Labute approximate surface area is 168 Å². The van der Waals surface area contributed by atoms with Gasteiger partial charge in [0.25, 0.3) is 0 Å². The van der Waals surface area contributed by atoms with Gasteiger partial charge in [0.2, 0.25) is 0 Å². The largest absolute Gasteiger partial charge is 0.487 e. The Hall–Kier alpha value is -2.22. The molecule has 0 fully saturated rings. The Morgan fingerprint density at radius 2 is 1.28 bits per heavy atom. The van der Waals surface area contributed by atoms with Gasteiger partial charge in [0, 0.05) is 13.1 Å². The van der Waals surface area contributed by atoms with Crippen LogP contribution in [0.15, 0.2) is 36.4 Å². The normalized spacial score (nSPS) is 22.6. The predicted molar refractivity (Wildman–Crippen MR) is 103 cm³/mol. The van der Waals surface area contributed by atoms with E-state index < -0.39 is 12.2 Å². The third kappa shape index (κ3) is 4.69. The molecule has 2 unspecified atom stereocenters. The van der Waals surface area contributed by atoms with E-state index in [1.54, 1.807) is 12.1 Å². The van der Waals surface area contributed by atoms with E-state index in [1.807, 2.05) is 0 Å². The average molecular weight is 405 g/mol. The highest BCUT2D eigenvalue weighted by Crippen LogP contribution is 2.30. The third-order valence-electron chi connectivity index (χ3n) is 5.56. The maximum absolute atomic E-state index is 13.3. The molecular weight excluding hydrogens is 380 g/mol. The predicted octanol–water partition coefficient (Wildman–Crippen LogP) is 2.36. The summed E-state index contributed by atoms with van der Waals surface area (Å²) in [6.07, 6.45) is 0.214. The highest BCUT2D eigenvalue weighted by atomic mass is 19.1. The molecule has 7 heteroatoms. The van der Waals surface area contributed by atoms with Crippen LogP contribution in [-0.2, 0) is 12.8 Å². The number of fused-ring (bicyclic) bond motifs is 2. The molecule has 4 rings (SSSR count). The summed E-state index contributed by atoms with van der Waals surface area (Å²) in [4.78, 5) is 0. The molecule has 0 bridgehead atoms. The SMILES string of the molecule is O[C@H](CNC[C@@H](O)C1CCc2cc(F)ccc2O1)C1CCc2cc(F)ccc2O1. The number of aliphatic hydroxyl groups excluding tert-OH is 2. The molecule has 2 aliphatic heterocycles. The molecule has 3 N–H and O–H groups in total. The first kappa shape index (κ1) is 20.1. The van der Waals surface area contributed by atoms with Crippen LogP contribution in [-0.4, -0.2) is 47.7 Å². The van der Waals surface area contributed by atoms with Crippen molar-refractivity contribution in [3.05, 3.63) is 59.2 Å². The molecule has 0 radical (unpaired) electrons. The van der Waals surface area contributed by atoms with E-state index in [-0.39, 0.29) is 36.9 Å². The van der Waals surface area contributed by atoms with Crippen molar-refractivity contribution in [3.63, 3.8) is 0 Å². The van der Waals surface area contributed by atoms with Crippen LogP contribution in [0.5, 0.6) is 11.5 Å². The van der Waals surface area contributed by atoms with Gasteiger partial charge >= 0.3 is 0 Å².